The lowest BCUT2D eigenvalue weighted by atomic mass is 10.1. The first kappa shape index (κ1) is 16.9. The lowest BCUT2D eigenvalue weighted by Crippen LogP contribution is -2.24. The summed E-state index contributed by atoms with van der Waals surface area (Å²) in [7, 11) is 0. The molecule has 0 saturated heterocycles. The van der Waals surface area contributed by atoms with E-state index in [2.05, 4.69) is 10.3 Å². The first-order chi connectivity index (χ1) is 10.1. The Bertz CT molecular complexity index is 577. The Kier molecular flexibility index (Phi) is 6.56. The monoisotopic (exact) mass is 306 g/mol. The number of aliphatic imine (C=N–C) groups is 1. The van der Waals surface area contributed by atoms with E-state index in [1.807, 2.05) is 18.7 Å². The van der Waals surface area contributed by atoms with Crippen LogP contribution in [-0.2, 0) is 0 Å². The molecule has 21 heavy (non-hydrogen) atoms. The average molecular weight is 306 g/mol. The Labute approximate surface area is 128 Å². The van der Waals surface area contributed by atoms with Crippen LogP contribution in [0.5, 0.6) is 0 Å². The first-order valence-electron chi connectivity index (χ1n) is 6.47. The molecular weight excluding hydrogens is 288 g/mol. The highest BCUT2D eigenvalue weighted by Crippen LogP contribution is 2.26. The molecule has 0 atom stereocenters. The second-order valence-electron chi connectivity index (χ2n) is 4.04. The van der Waals surface area contributed by atoms with E-state index < -0.39 is 5.97 Å². The molecule has 0 radical (unpaired) electrons. The van der Waals surface area contributed by atoms with Crippen molar-refractivity contribution in [2.24, 2.45) is 4.99 Å². The van der Waals surface area contributed by atoms with Crippen molar-refractivity contribution in [3.8, 4) is 6.19 Å². The van der Waals surface area contributed by atoms with E-state index >= 15 is 0 Å². The van der Waals surface area contributed by atoms with Gasteiger partial charge in [0.1, 0.15) is 0 Å². The van der Waals surface area contributed by atoms with E-state index in [1.165, 1.54) is 17.8 Å². The topological polar surface area (TPSA) is 88.7 Å². The number of nitrogens with one attached hydrogen (secondary N) is 1. The van der Waals surface area contributed by atoms with Crippen LogP contribution in [0.2, 0.25) is 0 Å². The summed E-state index contributed by atoms with van der Waals surface area (Å²) in [5.41, 5.74) is 1.37. The number of rotatable bonds is 5. The third-order valence-electron chi connectivity index (χ3n) is 2.90. The van der Waals surface area contributed by atoms with Crippen molar-refractivity contribution >= 4 is 34.3 Å². The Morgan fingerprint density at radius 1 is 1.48 bits per heavy atom. The molecule has 112 valence electrons. The maximum absolute atomic E-state index is 11.4. The molecule has 0 fully saturated rings. The number of nitriles is 1. The number of carboxylic acid groups (broad SMARTS) is 1. The van der Waals surface area contributed by atoms with Crippen LogP contribution in [0.25, 0.3) is 0 Å². The highest BCUT2D eigenvalue weighted by Gasteiger charge is 2.15. The number of aromatic carboxylic acids is 1. The number of carboxylic acids is 1. The molecule has 1 rings (SSSR count). The standard InChI is InChI=1S/C14H18N4O2S/c1-4-18(5-2)12-7-6-10(8-11(12)13(19)20)17-14(21-3)16-9-15/h6-8H,4-5H2,1-3H3,(H,16,17)(H,19,20). The molecular formula is C14H18N4O2S. The molecule has 0 unspecified atom stereocenters. The van der Waals surface area contributed by atoms with Crippen molar-refractivity contribution < 1.29 is 9.90 Å². The molecule has 0 aliphatic carbocycles. The molecule has 0 aliphatic rings. The van der Waals surface area contributed by atoms with Crippen LogP contribution in [0.1, 0.15) is 24.2 Å². The van der Waals surface area contributed by atoms with Gasteiger partial charge in [-0.25, -0.2) is 9.79 Å². The Balaban J connectivity index is 3.26. The minimum atomic E-state index is -0.993. The minimum absolute atomic E-state index is 0.206. The van der Waals surface area contributed by atoms with Gasteiger partial charge in [0.05, 0.1) is 16.9 Å². The zero-order valence-electron chi connectivity index (χ0n) is 12.3. The van der Waals surface area contributed by atoms with Gasteiger partial charge in [-0.15, -0.1) is 0 Å². The van der Waals surface area contributed by atoms with Crippen LogP contribution < -0.4 is 10.2 Å². The molecule has 0 heterocycles. The summed E-state index contributed by atoms with van der Waals surface area (Å²) < 4.78 is 0. The Morgan fingerprint density at radius 3 is 2.62 bits per heavy atom. The maximum Gasteiger partial charge on any atom is 0.337 e. The van der Waals surface area contributed by atoms with E-state index in [-0.39, 0.29) is 5.56 Å². The molecule has 0 bridgehead atoms. The van der Waals surface area contributed by atoms with Crippen molar-refractivity contribution in [2.45, 2.75) is 13.8 Å². The molecule has 7 heteroatoms. The smallest absolute Gasteiger partial charge is 0.337 e. The van der Waals surface area contributed by atoms with Crippen LogP contribution in [0.4, 0.5) is 11.4 Å². The predicted molar refractivity (Wildman–Crippen MR) is 86.3 cm³/mol. The van der Waals surface area contributed by atoms with Crippen molar-refractivity contribution in [2.75, 3.05) is 24.2 Å². The predicted octanol–water partition coefficient (Wildman–Crippen LogP) is 2.65. The fourth-order valence-electron chi connectivity index (χ4n) is 1.89. The Morgan fingerprint density at radius 2 is 2.14 bits per heavy atom. The van der Waals surface area contributed by atoms with Gasteiger partial charge in [0.2, 0.25) is 0 Å². The number of benzene rings is 1. The van der Waals surface area contributed by atoms with Gasteiger partial charge in [0.25, 0.3) is 0 Å². The molecule has 2 N–H and O–H groups in total. The van der Waals surface area contributed by atoms with Crippen molar-refractivity contribution in [1.82, 2.24) is 5.32 Å². The van der Waals surface area contributed by atoms with Gasteiger partial charge in [0.15, 0.2) is 11.4 Å². The molecule has 1 aromatic rings. The zero-order valence-corrected chi connectivity index (χ0v) is 13.1. The molecule has 1 aromatic carbocycles. The van der Waals surface area contributed by atoms with E-state index in [9.17, 15) is 9.90 Å². The fraction of sp³-hybridized carbons (Fsp3) is 0.357. The van der Waals surface area contributed by atoms with Gasteiger partial charge in [-0.2, -0.15) is 5.26 Å². The Hall–Kier alpha value is -2.20. The minimum Gasteiger partial charge on any atom is -0.478 e. The van der Waals surface area contributed by atoms with E-state index in [4.69, 9.17) is 5.26 Å². The summed E-state index contributed by atoms with van der Waals surface area (Å²) in [5, 5.41) is 20.9. The number of hydrogen-bond donors (Lipinski definition) is 2. The highest BCUT2D eigenvalue weighted by molar-refractivity contribution is 8.13. The van der Waals surface area contributed by atoms with Gasteiger partial charge in [-0.05, 0) is 38.3 Å². The van der Waals surface area contributed by atoms with Crippen LogP contribution in [0.3, 0.4) is 0 Å². The van der Waals surface area contributed by atoms with Crippen LogP contribution in [0.15, 0.2) is 23.2 Å². The number of thioether (sulfide) groups is 1. The van der Waals surface area contributed by atoms with Gasteiger partial charge in [-0.1, -0.05) is 11.8 Å². The molecule has 0 spiro atoms. The second kappa shape index (κ2) is 8.17. The fourth-order valence-corrected chi connectivity index (χ4v) is 2.24. The number of anilines is 1. The zero-order chi connectivity index (χ0) is 15.8. The largest absolute Gasteiger partial charge is 0.478 e. The van der Waals surface area contributed by atoms with Crippen LogP contribution in [-0.4, -0.2) is 35.6 Å². The number of hydrogen-bond acceptors (Lipinski definition) is 5. The summed E-state index contributed by atoms with van der Waals surface area (Å²) in [4.78, 5) is 17.6. The number of amidine groups is 1. The SMILES string of the molecule is CCN(CC)c1ccc(N=C(NC#N)SC)cc1C(=O)O. The summed E-state index contributed by atoms with van der Waals surface area (Å²) in [5.74, 6) is -0.993. The molecule has 0 aliphatic heterocycles. The maximum atomic E-state index is 11.4. The first-order valence-corrected chi connectivity index (χ1v) is 7.69. The molecule has 6 nitrogen and oxygen atoms in total. The average Bonchev–Trinajstić information content (AvgIpc) is 2.48. The van der Waals surface area contributed by atoms with Crippen molar-refractivity contribution in [1.29, 1.82) is 5.26 Å². The van der Waals surface area contributed by atoms with E-state index in [0.29, 0.717) is 16.5 Å². The van der Waals surface area contributed by atoms with Gasteiger partial charge < -0.3 is 10.0 Å². The van der Waals surface area contributed by atoms with E-state index in [1.54, 1.807) is 24.6 Å². The van der Waals surface area contributed by atoms with Gasteiger partial charge in [0, 0.05) is 13.1 Å². The molecule has 0 aromatic heterocycles. The quantitative estimate of drug-likeness (QED) is 0.376. The van der Waals surface area contributed by atoms with E-state index in [0.717, 1.165) is 13.1 Å². The summed E-state index contributed by atoms with van der Waals surface area (Å²) in [6.45, 7) is 5.41. The molecule has 0 amide bonds. The number of carbonyl (C=O) groups is 1. The lowest BCUT2D eigenvalue weighted by molar-refractivity contribution is 0.0697. The third kappa shape index (κ3) is 4.39. The van der Waals surface area contributed by atoms with Crippen LogP contribution >= 0.6 is 11.8 Å². The lowest BCUT2D eigenvalue weighted by Gasteiger charge is -2.23. The second-order valence-corrected chi connectivity index (χ2v) is 4.83. The molecule has 0 saturated carbocycles. The normalized spacial score (nSPS) is 10.9. The van der Waals surface area contributed by atoms with Gasteiger partial charge >= 0.3 is 5.97 Å². The van der Waals surface area contributed by atoms with Gasteiger partial charge in [-0.3, -0.25) is 5.32 Å². The summed E-state index contributed by atoms with van der Waals surface area (Å²) in [6.07, 6.45) is 3.58. The third-order valence-corrected chi connectivity index (χ3v) is 3.48. The van der Waals surface area contributed by atoms with Crippen molar-refractivity contribution in [3.63, 3.8) is 0 Å². The highest BCUT2D eigenvalue weighted by atomic mass is 32.2. The number of nitrogens with zero attached hydrogens (tertiary/aromatic N) is 3. The summed E-state index contributed by atoms with van der Waals surface area (Å²) in [6, 6.07) is 5.01. The van der Waals surface area contributed by atoms with Crippen molar-refractivity contribution in [3.05, 3.63) is 23.8 Å². The van der Waals surface area contributed by atoms with Crippen LogP contribution in [0, 0.1) is 11.5 Å². The summed E-state index contributed by atoms with van der Waals surface area (Å²) >= 11 is 1.28.